The van der Waals surface area contributed by atoms with Crippen molar-refractivity contribution in [1.29, 1.82) is 0 Å². The zero-order valence-electron chi connectivity index (χ0n) is 17.0. The van der Waals surface area contributed by atoms with Gasteiger partial charge in [-0.2, -0.15) is 0 Å². The first-order valence-electron chi connectivity index (χ1n) is 10.4. The molecule has 7 nitrogen and oxygen atoms in total. The average molecular weight is 411 g/mol. The van der Waals surface area contributed by atoms with E-state index < -0.39 is 0 Å². The second-order valence-corrected chi connectivity index (χ2v) is 7.93. The van der Waals surface area contributed by atoms with E-state index in [1.165, 1.54) is 18.5 Å². The van der Waals surface area contributed by atoms with E-state index in [0.29, 0.717) is 36.3 Å². The van der Waals surface area contributed by atoms with E-state index in [4.69, 9.17) is 0 Å². The maximum atomic E-state index is 14.3. The molecule has 0 saturated carbocycles. The minimum absolute atomic E-state index is 0.0188. The molecule has 2 saturated heterocycles. The van der Waals surface area contributed by atoms with Crippen LogP contribution in [-0.4, -0.2) is 51.9 Å². The van der Waals surface area contributed by atoms with E-state index in [1.54, 1.807) is 25.2 Å². The van der Waals surface area contributed by atoms with Gasteiger partial charge in [-0.25, -0.2) is 14.4 Å². The largest absolute Gasteiger partial charge is 0.357 e. The minimum atomic E-state index is -0.278. The van der Waals surface area contributed by atoms with Crippen LogP contribution in [0.3, 0.4) is 0 Å². The number of carbonyl (C=O) groups is 2. The number of likely N-dealkylation sites (tertiary alicyclic amines) is 1. The van der Waals surface area contributed by atoms with Crippen LogP contribution >= 0.6 is 0 Å². The quantitative estimate of drug-likeness (QED) is 0.807. The van der Waals surface area contributed by atoms with Crippen molar-refractivity contribution in [2.24, 2.45) is 0 Å². The first-order chi connectivity index (χ1) is 14.6. The van der Waals surface area contributed by atoms with Crippen molar-refractivity contribution in [3.05, 3.63) is 53.6 Å². The number of aromatic nitrogens is 2. The molecule has 2 aromatic rings. The second kappa shape index (κ2) is 8.77. The van der Waals surface area contributed by atoms with E-state index in [-0.39, 0.29) is 35.8 Å². The highest BCUT2D eigenvalue weighted by atomic mass is 19.1. The number of anilines is 1. The molecule has 2 aliphatic rings. The highest BCUT2D eigenvalue weighted by Crippen LogP contribution is 2.33. The third-order valence-electron chi connectivity index (χ3n) is 6.01. The summed E-state index contributed by atoms with van der Waals surface area (Å²) in [6.45, 7) is 0. The Kier molecular flexibility index (Phi) is 5.92. The van der Waals surface area contributed by atoms with Crippen LogP contribution in [-0.2, 0) is 11.2 Å². The topological polar surface area (TPSA) is 87.2 Å². The van der Waals surface area contributed by atoms with E-state index in [0.717, 1.165) is 19.3 Å². The van der Waals surface area contributed by atoms with Crippen molar-refractivity contribution in [3.63, 3.8) is 0 Å². The minimum Gasteiger partial charge on any atom is -0.357 e. The van der Waals surface area contributed by atoms with E-state index in [2.05, 4.69) is 20.6 Å². The Bertz CT molecular complexity index is 920. The zero-order chi connectivity index (χ0) is 21.1. The van der Waals surface area contributed by atoms with Gasteiger partial charge in [0.1, 0.15) is 5.82 Å². The number of benzene rings is 1. The highest BCUT2D eigenvalue weighted by molar-refractivity contribution is 5.94. The smallest absolute Gasteiger partial charge is 0.257 e. The molecule has 3 heterocycles. The fourth-order valence-electron chi connectivity index (χ4n) is 4.57. The Morgan fingerprint density at radius 3 is 2.77 bits per heavy atom. The average Bonchev–Trinajstić information content (AvgIpc) is 3.06. The van der Waals surface area contributed by atoms with Gasteiger partial charge in [-0.05, 0) is 37.3 Å². The number of carbonyl (C=O) groups excluding carboxylic acids is 2. The van der Waals surface area contributed by atoms with Crippen LogP contribution in [0.4, 0.5) is 10.3 Å². The molecule has 0 aliphatic carbocycles. The van der Waals surface area contributed by atoms with Gasteiger partial charge in [-0.1, -0.05) is 24.6 Å². The summed E-state index contributed by atoms with van der Waals surface area (Å²) in [5.41, 5.74) is 0.962. The molecule has 0 unspecified atom stereocenters. The fourth-order valence-corrected chi connectivity index (χ4v) is 4.57. The lowest BCUT2D eigenvalue weighted by molar-refractivity contribution is -0.122. The van der Waals surface area contributed by atoms with Crippen molar-refractivity contribution in [2.45, 2.75) is 56.7 Å². The molecular formula is C22H26FN5O2. The first kappa shape index (κ1) is 20.3. The summed E-state index contributed by atoms with van der Waals surface area (Å²) < 4.78 is 14.3. The van der Waals surface area contributed by atoms with E-state index in [9.17, 15) is 14.0 Å². The van der Waals surface area contributed by atoms with Crippen LogP contribution in [0.25, 0.3) is 0 Å². The molecule has 30 heavy (non-hydrogen) atoms. The molecule has 8 heteroatoms. The molecule has 1 aromatic heterocycles. The summed E-state index contributed by atoms with van der Waals surface area (Å²) in [5, 5.41) is 5.94. The van der Waals surface area contributed by atoms with Gasteiger partial charge in [0.15, 0.2) is 0 Å². The lowest BCUT2D eigenvalue weighted by Crippen LogP contribution is -2.49. The molecular weight excluding hydrogens is 385 g/mol. The standard InChI is InChI=1S/C22H26FN5O2/c1-24-22-25-12-15(13-26-22)21(30)28-16(10-14-6-2-3-7-17(14)23)11-18-19(28)8-4-5-9-20(29)27-18/h2-3,6-7,12-13,16,18-19H,4-5,8-11H2,1H3,(H,27,29)(H,24,25,26)/t16-,18+,19-/m1/s1. The maximum Gasteiger partial charge on any atom is 0.257 e. The number of rotatable bonds is 4. The van der Waals surface area contributed by atoms with Crippen LogP contribution in [0, 0.1) is 5.82 Å². The predicted octanol–water partition coefficient (Wildman–Crippen LogP) is 2.54. The Hall–Kier alpha value is -3.03. The van der Waals surface area contributed by atoms with Gasteiger partial charge < -0.3 is 15.5 Å². The molecule has 3 atom stereocenters. The fraction of sp³-hybridized carbons (Fsp3) is 0.455. The molecule has 0 radical (unpaired) electrons. The van der Waals surface area contributed by atoms with Gasteiger partial charge in [-0.3, -0.25) is 9.59 Å². The molecule has 2 N–H and O–H groups in total. The number of amides is 2. The Labute approximate surface area is 175 Å². The normalized spacial score (nSPS) is 23.9. The number of fused-ring (bicyclic) bond motifs is 1. The lowest BCUT2D eigenvalue weighted by Gasteiger charge is -2.33. The summed E-state index contributed by atoms with van der Waals surface area (Å²) in [6, 6.07) is 6.18. The number of nitrogens with zero attached hydrogens (tertiary/aromatic N) is 3. The van der Waals surface area contributed by atoms with Crippen molar-refractivity contribution >= 4 is 17.8 Å². The monoisotopic (exact) mass is 411 g/mol. The summed E-state index contributed by atoms with van der Waals surface area (Å²) in [5.74, 6) is -0.00130. The highest BCUT2D eigenvalue weighted by Gasteiger charge is 2.45. The molecule has 2 amide bonds. The van der Waals surface area contributed by atoms with Crippen molar-refractivity contribution in [1.82, 2.24) is 20.2 Å². The van der Waals surface area contributed by atoms with Crippen LogP contribution in [0.5, 0.6) is 0 Å². The van der Waals surface area contributed by atoms with Gasteiger partial charge in [0.2, 0.25) is 11.9 Å². The summed E-state index contributed by atoms with van der Waals surface area (Å²) in [7, 11) is 1.71. The Morgan fingerprint density at radius 2 is 2.03 bits per heavy atom. The van der Waals surface area contributed by atoms with Gasteiger partial charge in [0.05, 0.1) is 17.6 Å². The molecule has 1 aromatic carbocycles. The molecule has 2 fully saturated rings. The van der Waals surface area contributed by atoms with Crippen molar-refractivity contribution in [3.8, 4) is 0 Å². The Balaban J connectivity index is 1.66. The SMILES string of the molecule is CNc1ncc(C(=O)N2[C@H](Cc3ccccc3F)C[C@@H]3NC(=O)CCCC[C@H]32)cn1. The number of hydrogen-bond acceptors (Lipinski definition) is 5. The molecule has 4 rings (SSSR count). The van der Waals surface area contributed by atoms with Gasteiger partial charge in [0, 0.05) is 31.9 Å². The van der Waals surface area contributed by atoms with Crippen LogP contribution in [0.15, 0.2) is 36.7 Å². The molecule has 2 aliphatic heterocycles. The third kappa shape index (κ3) is 4.13. The number of halogens is 1. The molecule has 0 spiro atoms. The predicted molar refractivity (Wildman–Crippen MR) is 110 cm³/mol. The van der Waals surface area contributed by atoms with Crippen LogP contribution in [0.1, 0.15) is 48.0 Å². The third-order valence-corrected chi connectivity index (χ3v) is 6.01. The van der Waals surface area contributed by atoms with Crippen molar-refractivity contribution < 1.29 is 14.0 Å². The Morgan fingerprint density at radius 1 is 1.27 bits per heavy atom. The summed E-state index contributed by atoms with van der Waals surface area (Å²) >= 11 is 0. The summed E-state index contributed by atoms with van der Waals surface area (Å²) in [6.07, 6.45) is 7.01. The first-order valence-corrected chi connectivity index (χ1v) is 10.4. The van der Waals surface area contributed by atoms with E-state index in [1.807, 2.05) is 4.90 Å². The number of nitrogens with one attached hydrogen (secondary N) is 2. The van der Waals surface area contributed by atoms with Gasteiger partial charge in [0.25, 0.3) is 5.91 Å². The molecule has 158 valence electrons. The summed E-state index contributed by atoms with van der Waals surface area (Å²) in [4.78, 5) is 35.9. The molecule has 0 bridgehead atoms. The van der Waals surface area contributed by atoms with Crippen LogP contribution in [0.2, 0.25) is 0 Å². The second-order valence-electron chi connectivity index (χ2n) is 7.93. The number of hydrogen-bond donors (Lipinski definition) is 2. The van der Waals surface area contributed by atoms with Crippen molar-refractivity contribution in [2.75, 3.05) is 12.4 Å². The van der Waals surface area contributed by atoms with E-state index >= 15 is 0 Å². The maximum absolute atomic E-state index is 14.3. The zero-order valence-corrected chi connectivity index (χ0v) is 17.0. The van der Waals surface area contributed by atoms with Gasteiger partial charge >= 0.3 is 0 Å². The lowest BCUT2D eigenvalue weighted by atomic mass is 9.97. The van der Waals surface area contributed by atoms with Crippen LogP contribution < -0.4 is 10.6 Å². The van der Waals surface area contributed by atoms with Gasteiger partial charge in [-0.15, -0.1) is 0 Å².